The van der Waals surface area contributed by atoms with Gasteiger partial charge in [0.2, 0.25) is 0 Å². The van der Waals surface area contributed by atoms with E-state index in [1.807, 2.05) is 0 Å². The minimum absolute atomic E-state index is 0.0319. The van der Waals surface area contributed by atoms with Crippen molar-refractivity contribution in [2.75, 3.05) is 6.54 Å². The first-order valence-electron chi connectivity index (χ1n) is 4.47. The minimum Gasteiger partial charge on any atom is -0.205 e. The van der Waals surface area contributed by atoms with E-state index < -0.39 is 5.82 Å². The number of benzene rings is 1. The van der Waals surface area contributed by atoms with E-state index in [9.17, 15) is 4.39 Å². The van der Waals surface area contributed by atoms with Gasteiger partial charge in [-0.25, -0.2) is 4.39 Å². The molecule has 0 aliphatic rings. The zero-order chi connectivity index (χ0) is 12.0. The second-order valence-electron chi connectivity index (χ2n) is 2.94. The van der Waals surface area contributed by atoms with Gasteiger partial charge >= 0.3 is 0 Å². The highest BCUT2D eigenvalue weighted by molar-refractivity contribution is 6.34. The van der Waals surface area contributed by atoms with Gasteiger partial charge in [0.05, 0.1) is 5.02 Å². The van der Waals surface area contributed by atoms with Crippen LogP contribution in [0.25, 0.3) is 16.5 Å². The molecule has 0 saturated heterocycles. The van der Waals surface area contributed by atoms with E-state index in [-0.39, 0.29) is 10.0 Å². The van der Waals surface area contributed by atoms with Crippen molar-refractivity contribution >= 4 is 29.3 Å². The maximum absolute atomic E-state index is 13.2. The lowest BCUT2D eigenvalue weighted by Crippen LogP contribution is -1.83. The van der Waals surface area contributed by atoms with Crippen LogP contribution in [0.4, 0.5) is 4.39 Å². The second kappa shape index (κ2) is 6.38. The Hall–Kier alpha value is -1.22. The van der Waals surface area contributed by atoms with Crippen LogP contribution in [-0.2, 0) is 0 Å². The first-order chi connectivity index (χ1) is 7.65. The molecule has 0 unspecified atom stereocenters. The molecule has 3 nitrogen and oxygen atoms in total. The summed E-state index contributed by atoms with van der Waals surface area (Å²) in [5, 5.41) is 3.68. The molecule has 0 amide bonds. The highest BCUT2D eigenvalue weighted by Gasteiger charge is 2.05. The van der Waals surface area contributed by atoms with Crippen molar-refractivity contribution in [1.29, 1.82) is 0 Å². The summed E-state index contributed by atoms with van der Waals surface area (Å²) in [6, 6.07) is 2.72. The zero-order valence-electron chi connectivity index (χ0n) is 8.20. The molecule has 84 valence electrons. The average Bonchev–Trinajstić information content (AvgIpc) is 2.24. The van der Waals surface area contributed by atoms with Crippen LogP contribution in [0, 0.1) is 5.82 Å². The molecule has 1 rings (SSSR count). The third-order valence-corrected chi connectivity index (χ3v) is 2.39. The molecule has 0 atom stereocenters. The number of azide groups is 1. The third-order valence-electron chi connectivity index (χ3n) is 1.78. The van der Waals surface area contributed by atoms with E-state index in [0.29, 0.717) is 18.5 Å². The molecule has 0 bridgehead atoms. The monoisotopic (exact) mass is 259 g/mol. The predicted octanol–water partition coefficient (Wildman–Crippen LogP) is 4.85. The van der Waals surface area contributed by atoms with Crippen molar-refractivity contribution in [2.24, 2.45) is 5.11 Å². The van der Waals surface area contributed by atoms with Crippen LogP contribution in [0.15, 0.2) is 23.3 Å². The standard InChI is InChI=1S/C10H8Cl2FN3/c11-8-5-7(10(12)9(13)6-8)3-1-2-4-15-16-14/h1,3,5-6H,2,4H2. The summed E-state index contributed by atoms with van der Waals surface area (Å²) >= 11 is 11.4. The van der Waals surface area contributed by atoms with Gasteiger partial charge < -0.3 is 0 Å². The van der Waals surface area contributed by atoms with Crippen LogP contribution < -0.4 is 0 Å². The van der Waals surface area contributed by atoms with Crippen LogP contribution in [0.3, 0.4) is 0 Å². The fraction of sp³-hybridized carbons (Fsp3) is 0.200. The van der Waals surface area contributed by atoms with Crippen LogP contribution in [0.1, 0.15) is 12.0 Å². The van der Waals surface area contributed by atoms with Gasteiger partial charge in [0.25, 0.3) is 0 Å². The summed E-state index contributed by atoms with van der Waals surface area (Å²) in [5.74, 6) is -0.552. The van der Waals surface area contributed by atoms with Gasteiger partial charge in [-0.2, -0.15) is 0 Å². The molecule has 0 aliphatic heterocycles. The summed E-state index contributed by atoms with van der Waals surface area (Å²) in [7, 11) is 0. The number of hydrogen-bond donors (Lipinski definition) is 0. The molecule has 0 aromatic heterocycles. The second-order valence-corrected chi connectivity index (χ2v) is 3.75. The van der Waals surface area contributed by atoms with Gasteiger partial charge in [-0.3, -0.25) is 0 Å². The molecule has 0 saturated carbocycles. The molecule has 0 radical (unpaired) electrons. The number of nitrogens with zero attached hydrogens (tertiary/aromatic N) is 3. The van der Waals surface area contributed by atoms with Gasteiger partial charge in [0.1, 0.15) is 5.82 Å². The average molecular weight is 260 g/mol. The smallest absolute Gasteiger partial charge is 0.143 e. The maximum Gasteiger partial charge on any atom is 0.143 e. The van der Waals surface area contributed by atoms with Crippen molar-refractivity contribution in [2.45, 2.75) is 6.42 Å². The Morgan fingerprint density at radius 3 is 2.88 bits per heavy atom. The Labute approximate surface area is 102 Å². The normalized spacial score (nSPS) is 10.4. The molecule has 0 heterocycles. The highest BCUT2D eigenvalue weighted by Crippen LogP contribution is 2.25. The fourth-order valence-corrected chi connectivity index (χ4v) is 1.47. The Kier molecular flexibility index (Phi) is 5.12. The van der Waals surface area contributed by atoms with E-state index in [1.165, 1.54) is 0 Å². The van der Waals surface area contributed by atoms with Gasteiger partial charge in [-0.05, 0) is 29.6 Å². The van der Waals surface area contributed by atoms with Crippen LogP contribution >= 0.6 is 23.2 Å². The van der Waals surface area contributed by atoms with Gasteiger partial charge in [-0.1, -0.05) is 40.5 Å². The molecule has 6 heteroatoms. The van der Waals surface area contributed by atoms with Crippen molar-refractivity contribution in [3.05, 3.63) is 50.1 Å². The topological polar surface area (TPSA) is 48.8 Å². The SMILES string of the molecule is [N-]=[N+]=NCCC=Cc1cc(Cl)cc(F)c1Cl. The Balaban J connectivity index is 2.76. The quantitative estimate of drug-likeness (QED) is 0.244. The lowest BCUT2D eigenvalue weighted by atomic mass is 10.2. The van der Waals surface area contributed by atoms with Crippen LogP contribution in [0.5, 0.6) is 0 Å². The molecule has 0 aliphatic carbocycles. The van der Waals surface area contributed by atoms with Gasteiger partial charge in [0.15, 0.2) is 0 Å². The molecule has 16 heavy (non-hydrogen) atoms. The first kappa shape index (κ1) is 12.8. The molecule has 0 spiro atoms. The van der Waals surface area contributed by atoms with E-state index in [2.05, 4.69) is 10.0 Å². The lowest BCUT2D eigenvalue weighted by molar-refractivity contribution is 0.628. The van der Waals surface area contributed by atoms with Crippen LogP contribution in [0.2, 0.25) is 10.0 Å². The van der Waals surface area contributed by atoms with Crippen molar-refractivity contribution in [3.8, 4) is 0 Å². The Bertz CT molecular complexity index is 454. The summed E-state index contributed by atoms with van der Waals surface area (Å²) < 4.78 is 13.2. The number of hydrogen-bond acceptors (Lipinski definition) is 1. The van der Waals surface area contributed by atoms with Crippen LogP contribution in [-0.4, -0.2) is 6.54 Å². The lowest BCUT2D eigenvalue weighted by Gasteiger charge is -2.00. The van der Waals surface area contributed by atoms with Crippen molar-refractivity contribution < 1.29 is 4.39 Å². The number of rotatable bonds is 4. The molecular formula is C10H8Cl2FN3. The van der Waals surface area contributed by atoms with Gasteiger partial charge in [-0.15, -0.1) is 0 Å². The Morgan fingerprint density at radius 2 is 2.19 bits per heavy atom. The number of halogens is 3. The maximum atomic E-state index is 13.2. The third kappa shape index (κ3) is 3.74. The molecular weight excluding hydrogens is 252 g/mol. The molecule has 1 aromatic carbocycles. The molecule has 0 N–H and O–H groups in total. The summed E-state index contributed by atoms with van der Waals surface area (Å²) in [4.78, 5) is 2.61. The fourth-order valence-electron chi connectivity index (χ4n) is 1.08. The van der Waals surface area contributed by atoms with Crippen molar-refractivity contribution in [3.63, 3.8) is 0 Å². The summed E-state index contributed by atoms with van der Waals surface area (Å²) in [5.41, 5.74) is 8.55. The molecule has 0 fully saturated rings. The van der Waals surface area contributed by atoms with E-state index in [0.717, 1.165) is 6.07 Å². The van der Waals surface area contributed by atoms with Crippen molar-refractivity contribution in [1.82, 2.24) is 0 Å². The Morgan fingerprint density at radius 1 is 1.44 bits per heavy atom. The first-order valence-corrected chi connectivity index (χ1v) is 5.22. The van der Waals surface area contributed by atoms with E-state index in [1.54, 1.807) is 18.2 Å². The van der Waals surface area contributed by atoms with E-state index in [4.69, 9.17) is 28.7 Å². The molecule has 1 aromatic rings. The zero-order valence-corrected chi connectivity index (χ0v) is 9.71. The summed E-state index contributed by atoms with van der Waals surface area (Å²) in [6.45, 7) is 0.355. The minimum atomic E-state index is -0.552. The van der Waals surface area contributed by atoms with E-state index >= 15 is 0 Å². The highest BCUT2D eigenvalue weighted by atomic mass is 35.5. The van der Waals surface area contributed by atoms with Gasteiger partial charge in [0, 0.05) is 16.5 Å². The largest absolute Gasteiger partial charge is 0.205 e. The summed E-state index contributed by atoms with van der Waals surface area (Å²) in [6.07, 6.45) is 3.95. The predicted molar refractivity (Wildman–Crippen MR) is 64.1 cm³/mol.